The lowest BCUT2D eigenvalue weighted by Crippen LogP contribution is -2.42. The van der Waals surface area contributed by atoms with Crippen LogP contribution in [-0.2, 0) is 4.74 Å². The van der Waals surface area contributed by atoms with Crippen LogP contribution in [0.4, 0.5) is 5.82 Å². The van der Waals surface area contributed by atoms with Crippen LogP contribution >= 0.6 is 15.9 Å². The Morgan fingerprint density at radius 1 is 1.48 bits per heavy atom. The predicted octanol–water partition coefficient (Wildman–Crippen LogP) is 3.07. The third-order valence-corrected chi connectivity index (χ3v) is 3.54. The Morgan fingerprint density at radius 2 is 2.19 bits per heavy atom. The first-order valence-electron chi connectivity index (χ1n) is 7.18. The summed E-state index contributed by atoms with van der Waals surface area (Å²) < 4.78 is 5.95. The Morgan fingerprint density at radius 3 is 2.76 bits per heavy atom. The Labute approximate surface area is 135 Å². The summed E-state index contributed by atoms with van der Waals surface area (Å²) in [7, 11) is 1.64. The highest BCUT2D eigenvalue weighted by Crippen LogP contribution is 2.18. The standard InChI is InChI=1S/C15H24BrN3O2/c1-5-6-17-14-12(7-11(16)8-18-14)15(20)19-13(9-21-4)10(2)3/h7-8,10,13H,5-6,9H2,1-4H3,(H,17,18)(H,19,20). The zero-order valence-electron chi connectivity index (χ0n) is 13.1. The number of hydrogen-bond donors (Lipinski definition) is 2. The van der Waals surface area contributed by atoms with Gasteiger partial charge in [-0.05, 0) is 34.3 Å². The molecule has 21 heavy (non-hydrogen) atoms. The van der Waals surface area contributed by atoms with E-state index in [0.717, 1.165) is 17.4 Å². The lowest BCUT2D eigenvalue weighted by atomic mass is 10.0. The minimum Gasteiger partial charge on any atom is -0.383 e. The second-order valence-electron chi connectivity index (χ2n) is 5.26. The van der Waals surface area contributed by atoms with E-state index in [1.807, 2.05) is 0 Å². The molecule has 118 valence electrons. The Bertz CT molecular complexity index is 466. The number of anilines is 1. The summed E-state index contributed by atoms with van der Waals surface area (Å²) >= 11 is 3.36. The number of rotatable bonds is 8. The van der Waals surface area contributed by atoms with Crippen LogP contribution in [0.3, 0.4) is 0 Å². The molecule has 2 N–H and O–H groups in total. The summed E-state index contributed by atoms with van der Waals surface area (Å²) in [5.41, 5.74) is 0.541. The quantitative estimate of drug-likeness (QED) is 0.750. The van der Waals surface area contributed by atoms with Crippen molar-refractivity contribution in [2.45, 2.75) is 33.2 Å². The first-order valence-corrected chi connectivity index (χ1v) is 7.98. The summed E-state index contributed by atoms with van der Waals surface area (Å²) in [6.45, 7) is 7.45. The number of halogens is 1. The molecule has 0 fully saturated rings. The molecule has 0 bridgehead atoms. The van der Waals surface area contributed by atoms with E-state index in [0.29, 0.717) is 23.9 Å². The molecule has 1 aromatic rings. The molecule has 0 aliphatic carbocycles. The van der Waals surface area contributed by atoms with Crippen LogP contribution < -0.4 is 10.6 Å². The van der Waals surface area contributed by atoms with Gasteiger partial charge in [-0.1, -0.05) is 20.8 Å². The fourth-order valence-corrected chi connectivity index (χ4v) is 2.15. The first kappa shape index (κ1) is 17.9. The number of hydrogen-bond acceptors (Lipinski definition) is 4. The maximum atomic E-state index is 12.5. The van der Waals surface area contributed by atoms with E-state index in [4.69, 9.17) is 4.74 Å². The average molecular weight is 358 g/mol. The summed E-state index contributed by atoms with van der Waals surface area (Å²) in [6.07, 6.45) is 2.65. The van der Waals surface area contributed by atoms with Gasteiger partial charge in [-0.2, -0.15) is 0 Å². The number of carbonyl (C=O) groups is 1. The van der Waals surface area contributed by atoms with E-state index >= 15 is 0 Å². The zero-order chi connectivity index (χ0) is 15.8. The molecule has 0 radical (unpaired) electrons. The monoisotopic (exact) mass is 357 g/mol. The molecule has 0 saturated heterocycles. The van der Waals surface area contributed by atoms with Crippen molar-refractivity contribution in [2.75, 3.05) is 25.6 Å². The van der Waals surface area contributed by atoms with Crippen LogP contribution in [0.15, 0.2) is 16.7 Å². The Balaban J connectivity index is 2.91. The van der Waals surface area contributed by atoms with Gasteiger partial charge in [-0.25, -0.2) is 4.98 Å². The van der Waals surface area contributed by atoms with Gasteiger partial charge in [0.05, 0.1) is 18.2 Å². The second kappa shape index (κ2) is 9.00. The van der Waals surface area contributed by atoms with E-state index in [1.54, 1.807) is 19.4 Å². The van der Waals surface area contributed by atoms with Gasteiger partial charge in [0.2, 0.25) is 0 Å². The maximum absolute atomic E-state index is 12.5. The lowest BCUT2D eigenvalue weighted by molar-refractivity contribution is 0.0867. The molecule has 0 aliphatic rings. The van der Waals surface area contributed by atoms with Crippen molar-refractivity contribution in [2.24, 2.45) is 5.92 Å². The molecule has 1 heterocycles. The number of pyridine rings is 1. The number of nitrogens with one attached hydrogen (secondary N) is 2. The molecule has 1 unspecified atom stereocenters. The van der Waals surface area contributed by atoms with Crippen molar-refractivity contribution in [1.82, 2.24) is 10.3 Å². The number of nitrogens with zero attached hydrogens (tertiary/aromatic N) is 1. The van der Waals surface area contributed by atoms with Crippen molar-refractivity contribution in [3.05, 3.63) is 22.3 Å². The van der Waals surface area contributed by atoms with Crippen molar-refractivity contribution in [3.8, 4) is 0 Å². The van der Waals surface area contributed by atoms with E-state index in [2.05, 4.69) is 52.3 Å². The van der Waals surface area contributed by atoms with Gasteiger partial charge in [-0.15, -0.1) is 0 Å². The molecule has 0 spiro atoms. The topological polar surface area (TPSA) is 63.2 Å². The van der Waals surface area contributed by atoms with Crippen molar-refractivity contribution < 1.29 is 9.53 Å². The molecular weight excluding hydrogens is 334 g/mol. The SMILES string of the molecule is CCCNc1ncc(Br)cc1C(=O)NC(COC)C(C)C. The number of aromatic nitrogens is 1. The molecule has 0 aliphatic heterocycles. The highest BCUT2D eigenvalue weighted by atomic mass is 79.9. The van der Waals surface area contributed by atoms with Crippen molar-refractivity contribution >= 4 is 27.7 Å². The summed E-state index contributed by atoms with van der Waals surface area (Å²) in [5, 5.41) is 6.19. The molecule has 5 nitrogen and oxygen atoms in total. The molecule has 0 saturated carbocycles. The van der Waals surface area contributed by atoms with Crippen molar-refractivity contribution in [3.63, 3.8) is 0 Å². The van der Waals surface area contributed by atoms with E-state index in [1.165, 1.54) is 0 Å². The summed E-state index contributed by atoms with van der Waals surface area (Å²) in [6, 6.07) is 1.75. The van der Waals surface area contributed by atoms with Crippen LogP contribution in [0.1, 0.15) is 37.6 Å². The number of amides is 1. The predicted molar refractivity (Wildman–Crippen MR) is 88.7 cm³/mol. The highest BCUT2D eigenvalue weighted by molar-refractivity contribution is 9.10. The van der Waals surface area contributed by atoms with Gasteiger partial charge in [0.15, 0.2) is 0 Å². The molecule has 1 rings (SSSR count). The third kappa shape index (κ3) is 5.63. The third-order valence-electron chi connectivity index (χ3n) is 3.11. The fraction of sp³-hybridized carbons (Fsp3) is 0.600. The number of methoxy groups -OCH3 is 1. The van der Waals surface area contributed by atoms with Crippen LogP contribution in [0.25, 0.3) is 0 Å². The lowest BCUT2D eigenvalue weighted by Gasteiger charge is -2.22. The average Bonchev–Trinajstić information content (AvgIpc) is 2.45. The zero-order valence-corrected chi connectivity index (χ0v) is 14.7. The molecular formula is C15H24BrN3O2. The largest absolute Gasteiger partial charge is 0.383 e. The smallest absolute Gasteiger partial charge is 0.255 e. The fourth-order valence-electron chi connectivity index (χ4n) is 1.82. The Kier molecular flexibility index (Phi) is 7.67. The maximum Gasteiger partial charge on any atom is 0.255 e. The molecule has 1 atom stereocenters. The minimum absolute atomic E-state index is 0.0273. The van der Waals surface area contributed by atoms with Crippen molar-refractivity contribution in [1.29, 1.82) is 0 Å². The van der Waals surface area contributed by atoms with Gasteiger partial charge in [0.25, 0.3) is 5.91 Å². The summed E-state index contributed by atoms with van der Waals surface area (Å²) in [5.74, 6) is 0.761. The normalized spacial score (nSPS) is 12.3. The molecule has 1 aromatic heterocycles. The summed E-state index contributed by atoms with van der Waals surface area (Å²) in [4.78, 5) is 16.8. The molecule has 1 amide bonds. The van der Waals surface area contributed by atoms with E-state index in [-0.39, 0.29) is 11.9 Å². The highest BCUT2D eigenvalue weighted by Gasteiger charge is 2.20. The van der Waals surface area contributed by atoms with Gasteiger partial charge in [0.1, 0.15) is 5.82 Å². The Hall–Kier alpha value is -1.14. The van der Waals surface area contributed by atoms with E-state index < -0.39 is 0 Å². The van der Waals surface area contributed by atoms with Crippen LogP contribution in [0.5, 0.6) is 0 Å². The molecule has 0 aromatic carbocycles. The van der Waals surface area contributed by atoms with Gasteiger partial charge in [0, 0.05) is 24.3 Å². The second-order valence-corrected chi connectivity index (χ2v) is 6.17. The minimum atomic E-state index is -0.141. The molecule has 6 heteroatoms. The van der Waals surface area contributed by atoms with Crippen LogP contribution in [-0.4, -0.2) is 37.2 Å². The van der Waals surface area contributed by atoms with Gasteiger partial charge >= 0.3 is 0 Å². The number of ether oxygens (including phenoxy) is 1. The van der Waals surface area contributed by atoms with Crippen LogP contribution in [0, 0.1) is 5.92 Å². The number of carbonyl (C=O) groups excluding carboxylic acids is 1. The van der Waals surface area contributed by atoms with Gasteiger partial charge < -0.3 is 15.4 Å². The first-order chi connectivity index (χ1) is 9.99. The van der Waals surface area contributed by atoms with Crippen LogP contribution in [0.2, 0.25) is 0 Å². The van der Waals surface area contributed by atoms with E-state index in [9.17, 15) is 4.79 Å². The van der Waals surface area contributed by atoms with Gasteiger partial charge in [-0.3, -0.25) is 4.79 Å².